The van der Waals surface area contributed by atoms with E-state index in [4.69, 9.17) is 15.2 Å². The summed E-state index contributed by atoms with van der Waals surface area (Å²) in [5.41, 5.74) is 3.29. The van der Waals surface area contributed by atoms with Gasteiger partial charge < -0.3 is 0 Å². The third-order valence-corrected chi connectivity index (χ3v) is 8.28. The van der Waals surface area contributed by atoms with Crippen molar-refractivity contribution in [1.29, 1.82) is 5.26 Å². The fourth-order valence-corrected chi connectivity index (χ4v) is 6.61. The summed E-state index contributed by atoms with van der Waals surface area (Å²) >= 11 is 2.97. The fraction of sp³-hybridized carbons (Fsp3) is 0.192. The maximum absolute atomic E-state index is 13.4. The van der Waals surface area contributed by atoms with Crippen molar-refractivity contribution in [2.45, 2.75) is 36.6 Å². The number of para-hydroxylation sites is 1. The predicted molar refractivity (Wildman–Crippen MR) is 138 cm³/mol. The van der Waals surface area contributed by atoms with Gasteiger partial charge in [0.25, 0.3) is 11.1 Å². The third-order valence-electron chi connectivity index (χ3n) is 6.16. The van der Waals surface area contributed by atoms with Gasteiger partial charge in [-0.05, 0) is 62.1 Å². The molecule has 35 heavy (non-hydrogen) atoms. The normalized spacial score (nSPS) is 13.1. The number of nitriles is 1. The SMILES string of the molecule is N#Cc1ccc(-n2c(SCc3cc(=O)n4c5c(sc4n3)CCCC5)nc3ccccc3c2=O)cc1. The van der Waals surface area contributed by atoms with Gasteiger partial charge in [-0.1, -0.05) is 23.9 Å². The van der Waals surface area contributed by atoms with Crippen molar-refractivity contribution in [2.24, 2.45) is 0 Å². The van der Waals surface area contributed by atoms with Crippen molar-refractivity contribution >= 4 is 39.0 Å². The molecule has 7 nitrogen and oxygen atoms in total. The first kappa shape index (κ1) is 21.8. The molecular formula is C26H19N5O2S2. The topological polar surface area (TPSA) is 93.1 Å². The van der Waals surface area contributed by atoms with Crippen LogP contribution in [0, 0.1) is 11.3 Å². The molecule has 1 aliphatic carbocycles. The zero-order valence-corrected chi connectivity index (χ0v) is 20.2. The van der Waals surface area contributed by atoms with E-state index < -0.39 is 0 Å². The monoisotopic (exact) mass is 497 g/mol. The summed E-state index contributed by atoms with van der Waals surface area (Å²) in [5, 5.41) is 10.2. The molecule has 0 N–H and O–H groups in total. The lowest BCUT2D eigenvalue weighted by Gasteiger charge is -2.13. The molecule has 0 spiro atoms. The molecule has 0 amide bonds. The van der Waals surface area contributed by atoms with E-state index in [1.165, 1.54) is 16.6 Å². The quantitative estimate of drug-likeness (QED) is 0.268. The summed E-state index contributed by atoms with van der Waals surface area (Å²) in [7, 11) is 0. The predicted octanol–water partition coefficient (Wildman–Crippen LogP) is 4.50. The fourth-order valence-electron chi connectivity index (χ4n) is 4.48. The van der Waals surface area contributed by atoms with E-state index in [2.05, 4.69) is 6.07 Å². The molecule has 0 fully saturated rings. The summed E-state index contributed by atoms with van der Waals surface area (Å²) in [6, 6.07) is 17.8. The minimum atomic E-state index is -0.183. The number of thioether (sulfide) groups is 1. The molecule has 5 aromatic rings. The summed E-state index contributed by atoms with van der Waals surface area (Å²) in [6.45, 7) is 0. The Hall–Kier alpha value is -3.74. The van der Waals surface area contributed by atoms with Gasteiger partial charge in [0.05, 0.1) is 33.9 Å². The average Bonchev–Trinajstić information content (AvgIpc) is 3.27. The third kappa shape index (κ3) is 3.85. The molecule has 172 valence electrons. The van der Waals surface area contributed by atoms with Crippen molar-refractivity contribution in [3.05, 3.63) is 97.1 Å². The molecule has 0 unspecified atom stereocenters. The number of aryl methyl sites for hydroxylation is 2. The number of benzene rings is 2. The summed E-state index contributed by atoms with van der Waals surface area (Å²) in [4.78, 5) is 37.9. The standard InChI is InChI=1S/C26H19N5O2S2/c27-14-16-9-11-18(12-10-16)30-24(33)19-5-1-2-6-20(19)29-25(30)34-15-17-13-23(32)31-21-7-3-4-8-22(21)35-26(31)28-17/h1-2,5-6,9-13H,3-4,7-8,15H2. The summed E-state index contributed by atoms with van der Waals surface area (Å²) < 4.78 is 3.32. The summed E-state index contributed by atoms with van der Waals surface area (Å²) in [6.07, 6.45) is 4.18. The van der Waals surface area contributed by atoms with Crippen LogP contribution in [-0.2, 0) is 18.6 Å². The van der Waals surface area contributed by atoms with Crippen LogP contribution < -0.4 is 11.1 Å². The van der Waals surface area contributed by atoms with Gasteiger partial charge >= 0.3 is 0 Å². The van der Waals surface area contributed by atoms with Crippen LogP contribution in [0.25, 0.3) is 21.6 Å². The molecule has 3 heterocycles. The van der Waals surface area contributed by atoms with E-state index in [9.17, 15) is 9.59 Å². The minimum Gasteiger partial charge on any atom is -0.269 e. The Bertz CT molecular complexity index is 1760. The Balaban J connectivity index is 1.42. The highest BCUT2D eigenvalue weighted by Gasteiger charge is 2.19. The van der Waals surface area contributed by atoms with Gasteiger partial charge in [0.2, 0.25) is 0 Å². The highest BCUT2D eigenvalue weighted by Crippen LogP contribution is 2.29. The Morgan fingerprint density at radius 3 is 2.66 bits per heavy atom. The number of hydrogen-bond donors (Lipinski definition) is 0. The molecule has 0 aliphatic heterocycles. The molecule has 2 aromatic carbocycles. The van der Waals surface area contributed by atoms with Crippen molar-refractivity contribution in [3.8, 4) is 11.8 Å². The molecule has 9 heteroatoms. The number of nitrogens with zero attached hydrogens (tertiary/aromatic N) is 5. The number of thiazole rings is 1. The van der Waals surface area contributed by atoms with Gasteiger partial charge in [0.1, 0.15) is 0 Å². The van der Waals surface area contributed by atoms with Gasteiger partial charge in [0, 0.05) is 22.4 Å². The first-order valence-electron chi connectivity index (χ1n) is 11.3. The Morgan fingerprint density at radius 1 is 1.03 bits per heavy atom. The maximum Gasteiger partial charge on any atom is 0.266 e. The second kappa shape index (κ2) is 8.80. The van der Waals surface area contributed by atoms with E-state index in [0.29, 0.717) is 38.8 Å². The second-order valence-corrected chi connectivity index (χ2v) is 10.4. The lowest BCUT2D eigenvalue weighted by Crippen LogP contribution is -2.22. The lowest BCUT2D eigenvalue weighted by molar-refractivity contribution is 0.670. The van der Waals surface area contributed by atoms with E-state index in [1.54, 1.807) is 56.7 Å². The highest BCUT2D eigenvalue weighted by molar-refractivity contribution is 7.98. The second-order valence-electron chi connectivity index (χ2n) is 8.38. The van der Waals surface area contributed by atoms with Crippen molar-refractivity contribution in [2.75, 3.05) is 0 Å². The van der Waals surface area contributed by atoms with Crippen molar-refractivity contribution in [3.63, 3.8) is 0 Å². The number of hydrogen-bond acceptors (Lipinski definition) is 7. The molecular weight excluding hydrogens is 478 g/mol. The molecule has 0 saturated heterocycles. The summed E-state index contributed by atoms with van der Waals surface area (Å²) in [5.74, 6) is 0.398. The molecule has 1 aliphatic rings. The molecule has 0 atom stereocenters. The minimum absolute atomic E-state index is 0.0547. The van der Waals surface area contributed by atoms with E-state index in [0.717, 1.165) is 36.3 Å². The Labute approximate surface area is 208 Å². The Morgan fingerprint density at radius 2 is 1.83 bits per heavy atom. The molecule has 0 radical (unpaired) electrons. The zero-order valence-electron chi connectivity index (χ0n) is 18.6. The van der Waals surface area contributed by atoms with Crippen LogP contribution in [0.4, 0.5) is 0 Å². The smallest absolute Gasteiger partial charge is 0.266 e. The van der Waals surface area contributed by atoms with Gasteiger partial charge in [-0.2, -0.15) is 5.26 Å². The largest absolute Gasteiger partial charge is 0.269 e. The van der Waals surface area contributed by atoms with Gasteiger partial charge in [-0.25, -0.2) is 9.97 Å². The number of fused-ring (bicyclic) bond motifs is 4. The van der Waals surface area contributed by atoms with Gasteiger partial charge in [0.15, 0.2) is 10.1 Å². The average molecular weight is 498 g/mol. The first-order valence-corrected chi connectivity index (χ1v) is 13.1. The van der Waals surface area contributed by atoms with Crippen LogP contribution in [0.15, 0.2) is 69.3 Å². The number of aromatic nitrogens is 4. The van der Waals surface area contributed by atoms with Crippen LogP contribution in [-0.4, -0.2) is 18.9 Å². The van der Waals surface area contributed by atoms with Crippen molar-refractivity contribution in [1.82, 2.24) is 18.9 Å². The van der Waals surface area contributed by atoms with Crippen LogP contribution >= 0.6 is 23.1 Å². The lowest BCUT2D eigenvalue weighted by atomic mass is 10.0. The molecule has 3 aromatic heterocycles. The van der Waals surface area contributed by atoms with E-state index in [-0.39, 0.29) is 11.1 Å². The van der Waals surface area contributed by atoms with Crippen LogP contribution in [0.5, 0.6) is 0 Å². The van der Waals surface area contributed by atoms with E-state index in [1.807, 2.05) is 18.2 Å². The molecule has 6 rings (SSSR count). The van der Waals surface area contributed by atoms with Crippen LogP contribution in [0.3, 0.4) is 0 Å². The Kier molecular flexibility index (Phi) is 5.47. The highest BCUT2D eigenvalue weighted by atomic mass is 32.2. The van der Waals surface area contributed by atoms with Gasteiger partial charge in [-0.3, -0.25) is 18.6 Å². The van der Waals surface area contributed by atoms with Gasteiger partial charge in [-0.15, -0.1) is 11.3 Å². The first-order chi connectivity index (χ1) is 17.1. The van der Waals surface area contributed by atoms with Crippen molar-refractivity contribution < 1.29 is 0 Å². The van der Waals surface area contributed by atoms with Crippen LogP contribution in [0.1, 0.15) is 34.7 Å². The maximum atomic E-state index is 13.4. The zero-order chi connectivity index (χ0) is 23.9. The number of rotatable bonds is 4. The van der Waals surface area contributed by atoms with Crippen LogP contribution in [0.2, 0.25) is 0 Å². The van der Waals surface area contributed by atoms with E-state index >= 15 is 0 Å². The molecule has 0 saturated carbocycles. The molecule has 0 bridgehead atoms.